The van der Waals surface area contributed by atoms with E-state index in [1.807, 2.05) is 0 Å². The average molecular weight is 203 g/mol. The zero-order valence-electron chi connectivity index (χ0n) is 6.41. The number of halogens is 1. The van der Waals surface area contributed by atoms with Crippen molar-refractivity contribution in [2.75, 3.05) is 7.11 Å². The predicted molar refractivity (Wildman–Crippen MR) is 49.7 cm³/mol. The zero-order valence-corrected chi connectivity index (χ0v) is 7.98. The van der Waals surface area contributed by atoms with Crippen LogP contribution in [0.2, 0.25) is 5.02 Å². The van der Waals surface area contributed by atoms with Crippen LogP contribution in [0.25, 0.3) is 0 Å². The van der Waals surface area contributed by atoms with Gasteiger partial charge in [0, 0.05) is 9.92 Å². The standard InChI is InChI=1S/C8H7ClO2S/c1-11-8(10)12-7-4-2-6(9)3-5-7/h2-5H,1H3. The van der Waals surface area contributed by atoms with Crippen LogP contribution in [0.1, 0.15) is 0 Å². The number of carbonyl (C=O) groups excluding carboxylic acids is 1. The van der Waals surface area contributed by atoms with Gasteiger partial charge in [0.25, 0.3) is 0 Å². The summed E-state index contributed by atoms with van der Waals surface area (Å²) in [6.45, 7) is 0. The van der Waals surface area contributed by atoms with E-state index in [9.17, 15) is 4.79 Å². The summed E-state index contributed by atoms with van der Waals surface area (Å²) in [6.07, 6.45) is 0. The van der Waals surface area contributed by atoms with Crippen molar-refractivity contribution in [3.63, 3.8) is 0 Å². The summed E-state index contributed by atoms with van der Waals surface area (Å²) in [5, 5.41) is 0.335. The molecular formula is C8H7ClO2S. The second kappa shape index (κ2) is 4.38. The van der Waals surface area contributed by atoms with E-state index in [2.05, 4.69) is 4.74 Å². The second-order valence-electron chi connectivity index (χ2n) is 2.01. The molecule has 4 heteroatoms. The van der Waals surface area contributed by atoms with Crippen molar-refractivity contribution in [3.05, 3.63) is 29.3 Å². The highest BCUT2D eigenvalue weighted by molar-refractivity contribution is 8.13. The molecular weight excluding hydrogens is 196 g/mol. The number of hydrogen-bond acceptors (Lipinski definition) is 3. The van der Waals surface area contributed by atoms with Crippen LogP contribution in [0.3, 0.4) is 0 Å². The maximum Gasteiger partial charge on any atom is 0.371 e. The highest BCUT2D eigenvalue weighted by atomic mass is 35.5. The van der Waals surface area contributed by atoms with Gasteiger partial charge in [0.2, 0.25) is 0 Å². The molecule has 0 aliphatic heterocycles. The maximum absolute atomic E-state index is 10.8. The fourth-order valence-corrected chi connectivity index (χ4v) is 1.31. The topological polar surface area (TPSA) is 26.3 Å². The van der Waals surface area contributed by atoms with Crippen LogP contribution in [-0.2, 0) is 4.74 Å². The highest BCUT2D eigenvalue weighted by Crippen LogP contribution is 2.21. The maximum atomic E-state index is 10.8. The summed E-state index contributed by atoms with van der Waals surface area (Å²) in [6, 6.07) is 6.99. The highest BCUT2D eigenvalue weighted by Gasteiger charge is 2.02. The van der Waals surface area contributed by atoms with Crippen LogP contribution in [0, 0.1) is 0 Å². The molecule has 0 aliphatic carbocycles. The predicted octanol–water partition coefficient (Wildman–Crippen LogP) is 3.20. The number of rotatable bonds is 1. The Labute approximate surface area is 79.9 Å². The Bertz CT molecular complexity index is 271. The first-order valence-corrected chi connectivity index (χ1v) is 4.43. The molecule has 12 heavy (non-hydrogen) atoms. The van der Waals surface area contributed by atoms with Crippen LogP contribution < -0.4 is 0 Å². The van der Waals surface area contributed by atoms with Gasteiger partial charge in [-0.2, -0.15) is 0 Å². The minimum Gasteiger partial charge on any atom is -0.461 e. The molecule has 64 valence electrons. The number of thioether (sulfide) groups is 1. The van der Waals surface area contributed by atoms with Gasteiger partial charge >= 0.3 is 5.30 Å². The van der Waals surface area contributed by atoms with Crippen molar-refractivity contribution in [2.24, 2.45) is 0 Å². The van der Waals surface area contributed by atoms with Crippen molar-refractivity contribution in [3.8, 4) is 0 Å². The number of carbonyl (C=O) groups is 1. The third-order valence-corrected chi connectivity index (χ3v) is 2.27. The summed E-state index contributed by atoms with van der Waals surface area (Å²) < 4.78 is 4.48. The number of ether oxygens (including phenoxy) is 1. The van der Waals surface area contributed by atoms with E-state index in [4.69, 9.17) is 11.6 Å². The molecule has 0 unspecified atom stereocenters. The van der Waals surface area contributed by atoms with Crippen molar-refractivity contribution in [1.29, 1.82) is 0 Å². The lowest BCUT2D eigenvalue weighted by Gasteiger charge is -1.97. The van der Waals surface area contributed by atoms with E-state index in [0.29, 0.717) is 5.02 Å². The van der Waals surface area contributed by atoms with Crippen LogP contribution in [0.5, 0.6) is 0 Å². The van der Waals surface area contributed by atoms with E-state index in [0.717, 1.165) is 16.7 Å². The number of methoxy groups -OCH3 is 1. The first-order valence-electron chi connectivity index (χ1n) is 3.24. The van der Waals surface area contributed by atoms with Gasteiger partial charge in [-0.3, -0.25) is 0 Å². The molecule has 0 atom stereocenters. The van der Waals surface area contributed by atoms with Gasteiger partial charge in [-0.15, -0.1) is 0 Å². The zero-order chi connectivity index (χ0) is 8.97. The molecule has 0 saturated carbocycles. The molecule has 0 heterocycles. The monoisotopic (exact) mass is 202 g/mol. The fraction of sp³-hybridized carbons (Fsp3) is 0.125. The van der Waals surface area contributed by atoms with E-state index in [-0.39, 0.29) is 5.30 Å². The van der Waals surface area contributed by atoms with E-state index in [1.165, 1.54) is 7.11 Å². The van der Waals surface area contributed by atoms with Crippen molar-refractivity contribution >= 4 is 28.7 Å². The summed E-state index contributed by atoms with van der Waals surface area (Å²) in [4.78, 5) is 11.6. The largest absolute Gasteiger partial charge is 0.461 e. The van der Waals surface area contributed by atoms with Crippen molar-refractivity contribution in [2.45, 2.75) is 4.90 Å². The van der Waals surface area contributed by atoms with Gasteiger partial charge in [-0.1, -0.05) is 11.6 Å². The Morgan fingerprint density at radius 3 is 2.50 bits per heavy atom. The molecule has 1 aromatic carbocycles. The lowest BCUT2D eigenvalue weighted by molar-refractivity contribution is 0.200. The van der Waals surface area contributed by atoms with E-state index in [1.54, 1.807) is 24.3 Å². The van der Waals surface area contributed by atoms with Crippen LogP contribution in [0.15, 0.2) is 29.2 Å². The van der Waals surface area contributed by atoms with Gasteiger partial charge in [0.05, 0.1) is 7.11 Å². The molecule has 0 aromatic heterocycles. The Kier molecular flexibility index (Phi) is 3.44. The minimum absolute atomic E-state index is 0.322. The third kappa shape index (κ3) is 2.75. The molecule has 0 amide bonds. The Morgan fingerprint density at radius 2 is 2.00 bits per heavy atom. The molecule has 1 rings (SSSR count). The molecule has 0 N–H and O–H groups in total. The van der Waals surface area contributed by atoms with Gasteiger partial charge in [-0.05, 0) is 36.0 Å². The molecule has 0 saturated heterocycles. The number of hydrogen-bond donors (Lipinski definition) is 0. The first-order chi connectivity index (χ1) is 5.72. The normalized spacial score (nSPS) is 9.50. The van der Waals surface area contributed by atoms with E-state index >= 15 is 0 Å². The van der Waals surface area contributed by atoms with Gasteiger partial charge in [-0.25, -0.2) is 4.79 Å². The molecule has 0 bridgehead atoms. The van der Waals surface area contributed by atoms with Crippen LogP contribution in [-0.4, -0.2) is 12.4 Å². The SMILES string of the molecule is COC(=O)Sc1ccc(Cl)cc1. The van der Waals surface area contributed by atoms with Gasteiger partial charge < -0.3 is 4.74 Å². The van der Waals surface area contributed by atoms with Gasteiger partial charge in [0.1, 0.15) is 0 Å². The molecule has 0 radical (unpaired) electrons. The molecule has 0 spiro atoms. The third-order valence-electron chi connectivity index (χ3n) is 1.18. The van der Waals surface area contributed by atoms with Crippen molar-refractivity contribution < 1.29 is 9.53 Å². The summed E-state index contributed by atoms with van der Waals surface area (Å²) in [7, 11) is 1.35. The van der Waals surface area contributed by atoms with Crippen LogP contribution >= 0.6 is 23.4 Å². The first kappa shape index (κ1) is 9.42. The lowest BCUT2D eigenvalue weighted by atomic mass is 10.4. The summed E-state index contributed by atoms with van der Waals surface area (Å²) in [5.74, 6) is 0. The van der Waals surface area contributed by atoms with Crippen molar-refractivity contribution in [1.82, 2.24) is 0 Å². The fourth-order valence-electron chi connectivity index (χ4n) is 0.641. The molecule has 0 fully saturated rings. The smallest absolute Gasteiger partial charge is 0.371 e. The quantitative estimate of drug-likeness (QED) is 0.517. The Morgan fingerprint density at radius 1 is 1.42 bits per heavy atom. The minimum atomic E-state index is -0.322. The average Bonchev–Trinajstić information content (AvgIpc) is 2.09. The van der Waals surface area contributed by atoms with Gasteiger partial charge in [0.15, 0.2) is 0 Å². The van der Waals surface area contributed by atoms with Crippen LogP contribution in [0.4, 0.5) is 4.79 Å². The Balaban J connectivity index is 2.64. The molecule has 1 aromatic rings. The Hall–Kier alpha value is -0.670. The summed E-state index contributed by atoms with van der Waals surface area (Å²) >= 11 is 6.69. The number of benzene rings is 1. The van der Waals surface area contributed by atoms with E-state index < -0.39 is 0 Å². The summed E-state index contributed by atoms with van der Waals surface area (Å²) in [5.41, 5.74) is 0. The molecule has 2 nitrogen and oxygen atoms in total. The second-order valence-corrected chi connectivity index (χ2v) is 3.46. The molecule has 0 aliphatic rings. The lowest BCUT2D eigenvalue weighted by Crippen LogP contribution is -1.89.